The predicted molar refractivity (Wildman–Crippen MR) is 109 cm³/mol. The Kier molecular flexibility index (Phi) is 5.11. The van der Waals surface area contributed by atoms with Crippen LogP contribution in [0.5, 0.6) is 11.6 Å². The molecule has 4 aromatic rings. The summed E-state index contributed by atoms with van der Waals surface area (Å²) >= 11 is 0. The second-order valence-electron chi connectivity index (χ2n) is 6.13. The molecule has 0 radical (unpaired) electrons. The smallest absolute Gasteiger partial charge is 0.248 e. The van der Waals surface area contributed by atoms with Crippen molar-refractivity contribution in [2.45, 2.75) is 6.04 Å². The zero-order valence-corrected chi connectivity index (χ0v) is 15.1. The Hall–Kier alpha value is -3.93. The molecule has 6 nitrogen and oxygen atoms in total. The second-order valence-corrected chi connectivity index (χ2v) is 6.13. The SMILES string of the molecule is Nc1c(NC(c2ccccc2)c2ccccc2)ncnc1Oc1cccnc1. The highest BCUT2D eigenvalue weighted by Crippen LogP contribution is 2.33. The third-order valence-electron chi connectivity index (χ3n) is 4.24. The Morgan fingerprint density at radius 3 is 2.11 bits per heavy atom. The van der Waals surface area contributed by atoms with Gasteiger partial charge in [0.25, 0.3) is 0 Å². The van der Waals surface area contributed by atoms with Crippen molar-refractivity contribution in [3.8, 4) is 11.6 Å². The number of ether oxygens (including phenoxy) is 1. The summed E-state index contributed by atoms with van der Waals surface area (Å²) in [6, 6.07) is 23.7. The average Bonchev–Trinajstić information content (AvgIpc) is 2.76. The molecular weight excluding hydrogens is 350 g/mol. The molecule has 0 unspecified atom stereocenters. The van der Waals surface area contributed by atoms with Gasteiger partial charge in [0.2, 0.25) is 5.88 Å². The van der Waals surface area contributed by atoms with E-state index in [0.717, 1.165) is 11.1 Å². The van der Waals surface area contributed by atoms with Gasteiger partial charge in [-0.25, -0.2) is 4.98 Å². The number of nitrogen functional groups attached to an aromatic ring is 1. The van der Waals surface area contributed by atoms with Crippen molar-refractivity contribution in [2.75, 3.05) is 11.1 Å². The summed E-state index contributed by atoms with van der Waals surface area (Å²) in [5.41, 5.74) is 8.84. The van der Waals surface area contributed by atoms with Gasteiger partial charge in [0.15, 0.2) is 5.82 Å². The molecule has 0 aliphatic heterocycles. The number of benzene rings is 2. The largest absolute Gasteiger partial charge is 0.435 e. The zero-order valence-electron chi connectivity index (χ0n) is 15.1. The van der Waals surface area contributed by atoms with Crippen LogP contribution in [0, 0.1) is 0 Å². The highest BCUT2D eigenvalue weighted by Gasteiger charge is 2.18. The number of aromatic nitrogens is 3. The van der Waals surface area contributed by atoms with Crippen molar-refractivity contribution in [1.29, 1.82) is 0 Å². The molecule has 2 aromatic carbocycles. The third-order valence-corrected chi connectivity index (χ3v) is 4.24. The molecule has 28 heavy (non-hydrogen) atoms. The average molecular weight is 369 g/mol. The monoisotopic (exact) mass is 369 g/mol. The maximum Gasteiger partial charge on any atom is 0.248 e. The molecule has 4 rings (SSSR count). The fourth-order valence-electron chi connectivity index (χ4n) is 2.88. The van der Waals surface area contributed by atoms with Crippen LogP contribution in [-0.4, -0.2) is 15.0 Å². The normalized spacial score (nSPS) is 10.6. The molecule has 0 fully saturated rings. The van der Waals surface area contributed by atoms with E-state index in [9.17, 15) is 0 Å². The van der Waals surface area contributed by atoms with E-state index in [1.807, 2.05) is 36.4 Å². The fourth-order valence-corrected chi connectivity index (χ4v) is 2.88. The van der Waals surface area contributed by atoms with E-state index in [-0.39, 0.29) is 11.9 Å². The molecule has 0 aliphatic carbocycles. The number of pyridine rings is 1. The van der Waals surface area contributed by atoms with Crippen LogP contribution in [0.3, 0.4) is 0 Å². The maximum absolute atomic E-state index is 6.30. The summed E-state index contributed by atoms with van der Waals surface area (Å²) < 4.78 is 5.76. The third kappa shape index (κ3) is 3.91. The molecule has 2 heterocycles. The number of hydrogen-bond acceptors (Lipinski definition) is 6. The molecular formula is C22H19N5O. The van der Waals surface area contributed by atoms with Crippen LogP contribution in [-0.2, 0) is 0 Å². The molecule has 0 bridgehead atoms. The molecule has 0 saturated carbocycles. The summed E-state index contributed by atoms with van der Waals surface area (Å²) in [6.45, 7) is 0. The summed E-state index contributed by atoms with van der Waals surface area (Å²) in [6.07, 6.45) is 4.70. The van der Waals surface area contributed by atoms with Gasteiger partial charge in [0, 0.05) is 6.20 Å². The van der Waals surface area contributed by atoms with Crippen molar-refractivity contribution in [1.82, 2.24) is 15.0 Å². The van der Waals surface area contributed by atoms with Crippen LogP contribution in [0.25, 0.3) is 0 Å². The lowest BCUT2D eigenvalue weighted by Crippen LogP contribution is -2.15. The Morgan fingerprint density at radius 1 is 0.821 bits per heavy atom. The van der Waals surface area contributed by atoms with E-state index in [2.05, 4.69) is 44.5 Å². The minimum atomic E-state index is -0.120. The van der Waals surface area contributed by atoms with E-state index in [1.54, 1.807) is 24.5 Å². The lowest BCUT2D eigenvalue weighted by Gasteiger charge is -2.21. The van der Waals surface area contributed by atoms with Gasteiger partial charge in [-0.1, -0.05) is 60.7 Å². The first-order valence-corrected chi connectivity index (χ1v) is 8.86. The van der Waals surface area contributed by atoms with Crippen molar-refractivity contribution >= 4 is 11.5 Å². The second kappa shape index (κ2) is 8.18. The minimum absolute atomic E-state index is 0.120. The summed E-state index contributed by atoms with van der Waals surface area (Å²) in [5, 5.41) is 3.43. The minimum Gasteiger partial charge on any atom is -0.435 e. The van der Waals surface area contributed by atoms with Crippen LogP contribution in [0.15, 0.2) is 91.5 Å². The number of anilines is 2. The fraction of sp³-hybridized carbons (Fsp3) is 0.0455. The van der Waals surface area contributed by atoms with Gasteiger partial charge in [-0.05, 0) is 23.3 Å². The van der Waals surface area contributed by atoms with Crippen molar-refractivity contribution in [3.05, 3.63) is 103 Å². The van der Waals surface area contributed by atoms with Crippen LogP contribution in [0.2, 0.25) is 0 Å². The molecule has 138 valence electrons. The van der Waals surface area contributed by atoms with Crippen LogP contribution < -0.4 is 15.8 Å². The van der Waals surface area contributed by atoms with E-state index < -0.39 is 0 Å². The zero-order chi connectivity index (χ0) is 19.2. The highest BCUT2D eigenvalue weighted by molar-refractivity contribution is 5.68. The molecule has 0 saturated heterocycles. The Labute approximate surface area is 163 Å². The maximum atomic E-state index is 6.30. The predicted octanol–water partition coefficient (Wildman–Crippen LogP) is 4.45. The topological polar surface area (TPSA) is 86.0 Å². The molecule has 0 atom stereocenters. The number of nitrogens with two attached hydrogens (primary N) is 1. The van der Waals surface area contributed by atoms with E-state index >= 15 is 0 Å². The number of nitrogens with one attached hydrogen (secondary N) is 1. The van der Waals surface area contributed by atoms with E-state index in [0.29, 0.717) is 17.3 Å². The van der Waals surface area contributed by atoms with Crippen molar-refractivity contribution in [2.24, 2.45) is 0 Å². The molecule has 6 heteroatoms. The van der Waals surface area contributed by atoms with E-state index in [1.165, 1.54) is 6.33 Å². The molecule has 0 aliphatic rings. The van der Waals surface area contributed by atoms with Gasteiger partial charge < -0.3 is 15.8 Å². The van der Waals surface area contributed by atoms with Crippen LogP contribution in [0.4, 0.5) is 11.5 Å². The van der Waals surface area contributed by atoms with Crippen molar-refractivity contribution in [3.63, 3.8) is 0 Å². The molecule has 0 spiro atoms. The number of hydrogen-bond donors (Lipinski definition) is 2. The van der Waals surface area contributed by atoms with Crippen molar-refractivity contribution < 1.29 is 4.74 Å². The molecule has 2 aromatic heterocycles. The first-order chi connectivity index (χ1) is 13.8. The van der Waals surface area contributed by atoms with Crippen LogP contribution >= 0.6 is 0 Å². The van der Waals surface area contributed by atoms with Gasteiger partial charge in [0.1, 0.15) is 17.8 Å². The number of rotatable bonds is 6. The van der Waals surface area contributed by atoms with Crippen LogP contribution in [0.1, 0.15) is 17.2 Å². The summed E-state index contributed by atoms with van der Waals surface area (Å²) in [7, 11) is 0. The van der Waals surface area contributed by atoms with E-state index in [4.69, 9.17) is 10.5 Å². The first-order valence-electron chi connectivity index (χ1n) is 8.86. The standard InChI is InChI=1S/C22H19N5O/c23-19-21(25-15-26-22(19)28-18-12-7-13-24-14-18)27-20(16-8-3-1-4-9-16)17-10-5-2-6-11-17/h1-15,20H,23H2,(H,25,26,27). The highest BCUT2D eigenvalue weighted by atomic mass is 16.5. The Morgan fingerprint density at radius 2 is 1.50 bits per heavy atom. The Balaban J connectivity index is 1.67. The first kappa shape index (κ1) is 17.5. The molecule has 3 N–H and O–H groups in total. The number of nitrogens with zero attached hydrogens (tertiary/aromatic N) is 3. The molecule has 0 amide bonds. The van der Waals surface area contributed by atoms with Gasteiger partial charge in [-0.3, -0.25) is 4.98 Å². The van der Waals surface area contributed by atoms with Gasteiger partial charge in [0.05, 0.1) is 12.2 Å². The lowest BCUT2D eigenvalue weighted by atomic mass is 9.99. The lowest BCUT2D eigenvalue weighted by molar-refractivity contribution is 0.462. The Bertz CT molecular complexity index is 987. The van der Waals surface area contributed by atoms with Gasteiger partial charge in [-0.15, -0.1) is 0 Å². The summed E-state index contributed by atoms with van der Waals surface area (Å²) in [5.74, 6) is 1.35. The van der Waals surface area contributed by atoms with Gasteiger partial charge in [-0.2, -0.15) is 4.98 Å². The quantitative estimate of drug-likeness (QED) is 0.522. The summed E-state index contributed by atoms with van der Waals surface area (Å²) in [4.78, 5) is 12.5. The van der Waals surface area contributed by atoms with Gasteiger partial charge >= 0.3 is 0 Å².